The van der Waals surface area contributed by atoms with Crippen molar-refractivity contribution in [1.29, 1.82) is 5.26 Å². The minimum atomic E-state index is -0.398. The molecule has 0 aliphatic carbocycles. The fraction of sp³-hybridized carbons (Fsp3) is 0.0682. The molecule has 0 fully saturated rings. The van der Waals surface area contributed by atoms with Crippen LogP contribution in [0.2, 0.25) is 0 Å². The van der Waals surface area contributed by atoms with Crippen molar-refractivity contribution in [2.75, 3.05) is 4.90 Å². The van der Waals surface area contributed by atoms with E-state index in [0.717, 1.165) is 50.0 Å². The van der Waals surface area contributed by atoms with E-state index in [1.165, 1.54) is 32.3 Å². The first-order chi connectivity index (χ1) is 25.0. The number of hydrogen-bond donors (Lipinski definition) is 0. The highest BCUT2D eigenvalue weighted by Crippen LogP contribution is 2.53. The fourth-order valence-corrected chi connectivity index (χ4v) is 8.23. The maximum Gasteiger partial charge on any atom is 0.377 e. The normalized spacial score (nSPS) is 13.4. The largest absolute Gasteiger partial charge is 0.394 e. The Hall–Kier alpha value is -7.09. The van der Waals surface area contributed by atoms with Crippen LogP contribution in [0.3, 0.4) is 0 Å². The first kappa shape index (κ1) is 28.9. The zero-order valence-corrected chi connectivity index (χ0v) is 27.8. The van der Waals surface area contributed by atoms with Gasteiger partial charge in [-0.15, -0.1) is 16.5 Å². The quantitative estimate of drug-likeness (QED) is 0.137. The van der Waals surface area contributed by atoms with Crippen molar-refractivity contribution in [2.45, 2.75) is 19.3 Å². The molecule has 0 N–H and O–H groups in total. The predicted molar refractivity (Wildman–Crippen MR) is 204 cm³/mol. The van der Waals surface area contributed by atoms with E-state index in [1.807, 2.05) is 35.2 Å². The first-order valence-corrected chi connectivity index (χ1v) is 16.8. The lowest BCUT2D eigenvalue weighted by molar-refractivity contribution is 0.631. The van der Waals surface area contributed by atoms with E-state index >= 15 is 0 Å². The van der Waals surface area contributed by atoms with Gasteiger partial charge in [-0.25, -0.2) is 0 Å². The van der Waals surface area contributed by atoms with Gasteiger partial charge in [0.05, 0.1) is 22.4 Å². The molecule has 0 atom stereocenters. The predicted octanol–water partition coefficient (Wildman–Crippen LogP) is 11.0. The summed E-state index contributed by atoms with van der Waals surface area (Å²) in [5.74, 6) is 0.0219. The van der Waals surface area contributed by atoms with Crippen molar-refractivity contribution >= 4 is 77.4 Å². The van der Waals surface area contributed by atoms with E-state index in [9.17, 15) is 5.26 Å². The Morgan fingerprint density at radius 2 is 1.18 bits per heavy atom. The Morgan fingerprint density at radius 1 is 0.588 bits per heavy atom. The zero-order valence-electron chi connectivity index (χ0n) is 27.8. The summed E-state index contributed by atoms with van der Waals surface area (Å²) in [7, 11) is 0. The molecule has 0 unspecified atom stereocenters. The van der Waals surface area contributed by atoms with Gasteiger partial charge >= 0.3 is 5.95 Å². The minimum absolute atomic E-state index is 0.0968. The summed E-state index contributed by atoms with van der Waals surface area (Å²) in [5, 5.41) is 19.5. The number of rotatable bonds is 2. The van der Waals surface area contributed by atoms with Gasteiger partial charge in [-0.3, -0.25) is 4.90 Å². The average molecular weight is 654 g/mol. The maximum atomic E-state index is 9.82. The van der Waals surface area contributed by atoms with Crippen LogP contribution in [0.15, 0.2) is 127 Å². The molecule has 3 heterocycles. The Labute approximate surface area is 293 Å². The van der Waals surface area contributed by atoms with Crippen LogP contribution < -0.4 is 4.90 Å². The van der Waals surface area contributed by atoms with Crippen LogP contribution in [0.5, 0.6) is 0 Å². The molecule has 7 nitrogen and oxygen atoms in total. The van der Waals surface area contributed by atoms with Gasteiger partial charge in [-0.05, 0) is 85.9 Å². The molecule has 9 aromatic rings. The second-order valence-electron chi connectivity index (χ2n) is 13.5. The fourth-order valence-electron chi connectivity index (χ4n) is 8.23. The van der Waals surface area contributed by atoms with Crippen molar-refractivity contribution in [3.8, 4) is 11.8 Å². The summed E-state index contributed by atoms with van der Waals surface area (Å²) < 4.78 is 2.35. The average Bonchev–Trinajstić information content (AvgIpc) is 3.49. The monoisotopic (exact) mass is 653 g/mol. The Bertz CT molecular complexity index is 3000. The van der Waals surface area contributed by atoms with Crippen molar-refractivity contribution in [2.24, 2.45) is 0 Å². The van der Waals surface area contributed by atoms with Gasteiger partial charge in [0.25, 0.3) is 11.8 Å². The molecule has 7 aromatic carbocycles. The first-order valence-electron chi connectivity index (χ1n) is 16.8. The van der Waals surface area contributed by atoms with Crippen LogP contribution in [0.25, 0.3) is 64.7 Å². The second kappa shape index (κ2) is 10.5. The number of benzene rings is 7. The SMILES string of the molecule is [C-]#[N+]c1nc(C#N)nc(N2c3ccccc3C(C)(C)c3cc4c5cc6c7ccccc7c7ccccc7c6cc5n(-c5ccccc5)c4cc32)n1. The highest BCUT2D eigenvalue weighted by Gasteiger charge is 2.39. The van der Waals surface area contributed by atoms with Gasteiger partial charge < -0.3 is 9.41 Å². The third-order valence-electron chi connectivity index (χ3n) is 10.5. The number of para-hydroxylation sites is 2. The number of fused-ring (bicyclic) bond motifs is 11. The van der Waals surface area contributed by atoms with Crippen LogP contribution >= 0.6 is 0 Å². The summed E-state index contributed by atoms with van der Waals surface area (Å²) in [6, 6.07) is 47.4. The summed E-state index contributed by atoms with van der Waals surface area (Å²) in [6.45, 7) is 12.2. The molecule has 1 aliphatic heterocycles. The molecule has 0 spiro atoms. The number of anilines is 3. The van der Waals surface area contributed by atoms with E-state index in [0.29, 0.717) is 0 Å². The lowest BCUT2D eigenvalue weighted by Crippen LogP contribution is -2.31. The Morgan fingerprint density at radius 3 is 1.86 bits per heavy atom. The number of aromatic nitrogens is 4. The molecular weight excluding hydrogens is 627 g/mol. The second-order valence-corrected chi connectivity index (χ2v) is 13.5. The molecule has 2 aromatic heterocycles. The molecule has 0 saturated heterocycles. The van der Waals surface area contributed by atoms with E-state index in [2.05, 4.69) is 141 Å². The summed E-state index contributed by atoms with van der Waals surface area (Å²) in [5.41, 5.74) is 6.75. The standard InChI is InChI=1S/C44H27N7/c1-44(2)35-19-11-12-20-37(35)51(43-48-41(25-45)47-42(46-3)49-43)40-24-39-34(22-36(40)44)33-21-31-29-17-9-7-15-27(29)28-16-8-10-18-30(28)32(31)23-38(33)50(39)26-13-5-4-6-14-26/h4-24H,1-2H3. The molecule has 0 amide bonds. The molecule has 51 heavy (non-hydrogen) atoms. The molecule has 238 valence electrons. The Kier molecular flexibility index (Phi) is 5.92. The highest BCUT2D eigenvalue weighted by molar-refractivity contribution is 6.29. The van der Waals surface area contributed by atoms with Crippen molar-refractivity contribution in [3.63, 3.8) is 0 Å². The molecular formula is C44H27N7. The maximum absolute atomic E-state index is 9.82. The van der Waals surface area contributed by atoms with E-state index in [4.69, 9.17) is 6.57 Å². The van der Waals surface area contributed by atoms with Crippen LogP contribution in [-0.4, -0.2) is 19.5 Å². The number of hydrogen-bond acceptors (Lipinski definition) is 5. The summed E-state index contributed by atoms with van der Waals surface area (Å²) in [4.78, 5) is 18.6. The zero-order chi connectivity index (χ0) is 34.4. The van der Waals surface area contributed by atoms with Gasteiger partial charge in [0.1, 0.15) is 0 Å². The molecule has 7 heteroatoms. The van der Waals surface area contributed by atoms with E-state index in [-0.39, 0.29) is 17.7 Å². The van der Waals surface area contributed by atoms with Crippen molar-refractivity contribution < 1.29 is 0 Å². The molecule has 0 saturated carbocycles. The molecule has 10 rings (SSSR count). The van der Waals surface area contributed by atoms with Crippen LogP contribution in [-0.2, 0) is 5.41 Å². The lowest BCUT2D eigenvalue weighted by atomic mass is 9.73. The van der Waals surface area contributed by atoms with Crippen molar-refractivity contribution in [1.82, 2.24) is 19.5 Å². The number of nitrogens with zero attached hydrogens (tertiary/aromatic N) is 7. The molecule has 0 bridgehead atoms. The topological polar surface area (TPSA) is 75.0 Å². The van der Waals surface area contributed by atoms with Crippen molar-refractivity contribution in [3.05, 3.63) is 156 Å². The van der Waals surface area contributed by atoms with E-state index in [1.54, 1.807) is 0 Å². The van der Waals surface area contributed by atoms with Gasteiger partial charge in [-0.1, -0.05) is 98.8 Å². The summed E-state index contributed by atoms with van der Waals surface area (Å²) in [6.07, 6.45) is 0. The number of nitriles is 1. The van der Waals surface area contributed by atoms with Crippen LogP contribution in [0, 0.1) is 17.9 Å². The van der Waals surface area contributed by atoms with Gasteiger partial charge in [0, 0.05) is 21.9 Å². The van der Waals surface area contributed by atoms with Gasteiger partial charge in [-0.2, -0.15) is 10.2 Å². The third kappa shape index (κ3) is 4.00. The lowest BCUT2D eigenvalue weighted by Gasteiger charge is -2.40. The van der Waals surface area contributed by atoms with Gasteiger partial charge in [0.15, 0.2) is 6.07 Å². The highest BCUT2D eigenvalue weighted by atomic mass is 15.3. The third-order valence-corrected chi connectivity index (χ3v) is 10.5. The van der Waals surface area contributed by atoms with Gasteiger partial charge in [0.2, 0.25) is 0 Å². The summed E-state index contributed by atoms with van der Waals surface area (Å²) >= 11 is 0. The van der Waals surface area contributed by atoms with Crippen LogP contribution in [0.1, 0.15) is 30.8 Å². The molecule has 0 radical (unpaired) electrons. The van der Waals surface area contributed by atoms with Crippen LogP contribution in [0.4, 0.5) is 23.3 Å². The Balaban J connectivity index is 1.39. The van der Waals surface area contributed by atoms with E-state index < -0.39 is 5.41 Å². The molecule has 1 aliphatic rings. The smallest absolute Gasteiger partial charge is 0.377 e. The minimum Gasteiger partial charge on any atom is -0.394 e.